The molecular formula is C18H17NS2. The Kier molecular flexibility index (Phi) is 3.62. The lowest BCUT2D eigenvalue weighted by Gasteiger charge is -2.02. The number of rotatable bonds is 3. The Morgan fingerprint density at radius 1 is 0.952 bits per heavy atom. The van der Waals surface area contributed by atoms with E-state index in [0.29, 0.717) is 5.92 Å². The summed E-state index contributed by atoms with van der Waals surface area (Å²) in [5, 5.41) is 3.48. The van der Waals surface area contributed by atoms with Crippen molar-refractivity contribution in [3.05, 3.63) is 52.9 Å². The highest BCUT2D eigenvalue weighted by atomic mass is 32.1. The molecule has 1 aromatic carbocycles. The van der Waals surface area contributed by atoms with Gasteiger partial charge in [-0.05, 0) is 29.9 Å². The fourth-order valence-corrected chi connectivity index (χ4v) is 5.09. The van der Waals surface area contributed by atoms with Crippen LogP contribution >= 0.6 is 22.7 Å². The molecule has 1 aliphatic carbocycles. The molecule has 0 spiro atoms. The minimum Gasteiger partial charge on any atom is -0.239 e. The molecular weight excluding hydrogens is 294 g/mol. The Morgan fingerprint density at radius 2 is 1.76 bits per heavy atom. The Morgan fingerprint density at radius 3 is 2.48 bits per heavy atom. The van der Waals surface area contributed by atoms with Crippen LogP contribution < -0.4 is 0 Å². The summed E-state index contributed by atoms with van der Waals surface area (Å²) in [6, 6.07) is 15.0. The van der Waals surface area contributed by atoms with E-state index < -0.39 is 0 Å². The summed E-state index contributed by atoms with van der Waals surface area (Å²) in [5.41, 5.74) is 2.48. The lowest BCUT2D eigenvalue weighted by Crippen LogP contribution is -1.90. The maximum atomic E-state index is 5.04. The number of hydrogen-bond acceptors (Lipinski definition) is 3. The zero-order valence-corrected chi connectivity index (χ0v) is 13.4. The van der Waals surface area contributed by atoms with Crippen LogP contribution in [0.2, 0.25) is 0 Å². The minimum atomic E-state index is 0.686. The van der Waals surface area contributed by atoms with Gasteiger partial charge in [-0.1, -0.05) is 49.2 Å². The molecule has 0 amide bonds. The van der Waals surface area contributed by atoms with Gasteiger partial charge < -0.3 is 0 Å². The van der Waals surface area contributed by atoms with E-state index in [1.54, 1.807) is 11.3 Å². The van der Waals surface area contributed by atoms with Gasteiger partial charge in [0, 0.05) is 5.92 Å². The first kappa shape index (κ1) is 13.2. The second-order valence-corrected chi connectivity index (χ2v) is 7.53. The van der Waals surface area contributed by atoms with Gasteiger partial charge in [0.2, 0.25) is 0 Å². The summed E-state index contributed by atoms with van der Waals surface area (Å²) in [4.78, 5) is 7.66. The van der Waals surface area contributed by atoms with E-state index in [9.17, 15) is 0 Å². The van der Waals surface area contributed by atoms with E-state index in [2.05, 4.69) is 47.8 Å². The van der Waals surface area contributed by atoms with Crippen molar-refractivity contribution in [2.24, 2.45) is 0 Å². The van der Waals surface area contributed by atoms with Gasteiger partial charge in [-0.15, -0.1) is 22.7 Å². The van der Waals surface area contributed by atoms with Crippen molar-refractivity contribution in [2.45, 2.75) is 31.6 Å². The van der Waals surface area contributed by atoms with Crippen molar-refractivity contribution in [2.75, 3.05) is 0 Å². The molecule has 0 aliphatic heterocycles. The maximum absolute atomic E-state index is 5.04. The molecule has 1 aliphatic rings. The van der Waals surface area contributed by atoms with Crippen LogP contribution in [0.4, 0.5) is 0 Å². The fourth-order valence-electron chi connectivity index (χ4n) is 3.05. The Labute approximate surface area is 133 Å². The smallest absolute Gasteiger partial charge is 0.0993 e. The molecule has 2 heterocycles. The number of nitrogens with zero attached hydrogens (tertiary/aromatic N) is 1. The molecule has 4 rings (SSSR count). The molecule has 21 heavy (non-hydrogen) atoms. The summed E-state index contributed by atoms with van der Waals surface area (Å²) in [6.45, 7) is 0. The van der Waals surface area contributed by atoms with E-state index in [0.717, 1.165) is 0 Å². The van der Waals surface area contributed by atoms with Crippen LogP contribution in [0.5, 0.6) is 0 Å². The van der Waals surface area contributed by atoms with Crippen molar-refractivity contribution in [3.8, 4) is 21.0 Å². The molecule has 0 bridgehead atoms. The molecule has 0 saturated heterocycles. The van der Waals surface area contributed by atoms with Crippen molar-refractivity contribution in [3.63, 3.8) is 0 Å². The van der Waals surface area contributed by atoms with Crippen molar-refractivity contribution < 1.29 is 0 Å². The number of thiophene rings is 1. The van der Waals surface area contributed by atoms with E-state index in [1.165, 1.54) is 51.7 Å². The first-order valence-corrected chi connectivity index (χ1v) is 9.21. The predicted octanol–water partition coefficient (Wildman–Crippen LogP) is 6.20. The lowest BCUT2D eigenvalue weighted by molar-refractivity contribution is 0.717. The van der Waals surface area contributed by atoms with Crippen LogP contribution in [0.1, 0.15) is 36.6 Å². The number of aromatic nitrogens is 1. The van der Waals surface area contributed by atoms with Gasteiger partial charge in [0.15, 0.2) is 0 Å². The summed E-state index contributed by atoms with van der Waals surface area (Å²) in [6.07, 6.45) is 5.34. The lowest BCUT2D eigenvalue weighted by atomic mass is 10.1. The van der Waals surface area contributed by atoms with Gasteiger partial charge in [0.25, 0.3) is 0 Å². The van der Waals surface area contributed by atoms with Crippen LogP contribution in [-0.4, -0.2) is 4.98 Å². The molecule has 1 saturated carbocycles. The van der Waals surface area contributed by atoms with Gasteiger partial charge in [0.1, 0.15) is 0 Å². The summed E-state index contributed by atoms with van der Waals surface area (Å²) in [7, 11) is 0. The molecule has 3 heteroatoms. The first-order valence-electron chi connectivity index (χ1n) is 7.52. The zero-order valence-electron chi connectivity index (χ0n) is 11.8. The molecule has 106 valence electrons. The second kappa shape index (κ2) is 5.74. The van der Waals surface area contributed by atoms with Gasteiger partial charge >= 0.3 is 0 Å². The Bertz CT molecular complexity index is 707. The van der Waals surface area contributed by atoms with Crippen molar-refractivity contribution in [1.29, 1.82) is 0 Å². The van der Waals surface area contributed by atoms with Crippen LogP contribution in [0.3, 0.4) is 0 Å². The predicted molar refractivity (Wildman–Crippen MR) is 92.1 cm³/mol. The average Bonchev–Trinajstić information content (AvgIpc) is 3.27. The molecule has 0 N–H and O–H groups in total. The standard InChI is InChI=1S/C18H17NS2/c1-2-7-13(8-3-1)17-16(15-11-6-12-20-15)19-18(21-17)14-9-4-5-10-14/h1-3,6-8,11-12,14H,4-5,9-10H2. The molecule has 0 unspecified atom stereocenters. The summed E-state index contributed by atoms with van der Waals surface area (Å²) < 4.78 is 0. The van der Waals surface area contributed by atoms with Gasteiger partial charge in [-0.3, -0.25) is 0 Å². The summed E-state index contributed by atoms with van der Waals surface area (Å²) in [5.74, 6) is 0.686. The number of benzene rings is 1. The minimum absolute atomic E-state index is 0.686. The second-order valence-electron chi connectivity index (χ2n) is 5.55. The highest BCUT2D eigenvalue weighted by Gasteiger charge is 2.23. The van der Waals surface area contributed by atoms with Crippen LogP contribution in [0, 0.1) is 0 Å². The summed E-state index contributed by atoms with van der Waals surface area (Å²) >= 11 is 3.69. The zero-order chi connectivity index (χ0) is 14.1. The molecule has 0 atom stereocenters. The molecule has 1 nitrogen and oxygen atoms in total. The molecule has 3 aromatic rings. The van der Waals surface area contributed by atoms with E-state index >= 15 is 0 Å². The molecule has 0 radical (unpaired) electrons. The van der Waals surface area contributed by atoms with Crippen LogP contribution in [0.25, 0.3) is 21.0 Å². The third-order valence-corrected chi connectivity index (χ3v) is 6.28. The van der Waals surface area contributed by atoms with Crippen LogP contribution in [-0.2, 0) is 0 Å². The number of thiazole rings is 1. The van der Waals surface area contributed by atoms with Crippen LogP contribution in [0.15, 0.2) is 47.8 Å². The normalized spacial score (nSPS) is 15.6. The molecule has 1 fully saturated rings. The van der Waals surface area contributed by atoms with E-state index in [1.807, 2.05) is 11.3 Å². The van der Waals surface area contributed by atoms with E-state index in [-0.39, 0.29) is 0 Å². The first-order chi connectivity index (χ1) is 10.4. The van der Waals surface area contributed by atoms with Gasteiger partial charge in [0.05, 0.1) is 20.5 Å². The maximum Gasteiger partial charge on any atom is 0.0993 e. The highest BCUT2D eigenvalue weighted by Crippen LogP contribution is 2.44. The fraction of sp³-hybridized carbons (Fsp3) is 0.278. The van der Waals surface area contributed by atoms with Crippen molar-refractivity contribution in [1.82, 2.24) is 4.98 Å². The Balaban J connectivity index is 1.83. The Hall–Kier alpha value is -1.45. The average molecular weight is 311 g/mol. The highest BCUT2D eigenvalue weighted by molar-refractivity contribution is 7.17. The van der Waals surface area contributed by atoms with Crippen molar-refractivity contribution >= 4 is 22.7 Å². The SMILES string of the molecule is c1ccc(-c2sc(C3CCCC3)nc2-c2cccs2)cc1. The van der Waals surface area contributed by atoms with Gasteiger partial charge in [-0.2, -0.15) is 0 Å². The third kappa shape index (κ3) is 2.56. The largest absolute Gasteiger partial charge is 0.239 e. The quantitative estimate of drug-likeness (QED) is 0.561. The van der Waals surface area contributed by atoms with Gasteiger partial charge in [-0.25, -0.2) is 4.98 Å². The topological polar surface area (TPSA) is 12.9 Å². The third-order valence-electron chi connectivity index (χ3n) is 4.14. The molecule has 2 aromatic heterocycles. The monoisotopic (exact) mass is 311 g/mol. The number of hydrogen-bond donors (Lipinski definition) is 0. The van der Waals surface area contributed by atoms with E-state index in [4.69, 9.17) is 4.98 Å².